The number of ether oxygens (including phenoxy) is 1. The number of hydrogen-bond donors (Lipinski definition) is 2. The first-order chi connectivity index (χ1) is 9.67. The van der Waals surface area contributed by atoms with E-state index in [9.17, 15) is 4.79 Å². The minimum Gasteiger partial charge on any atom is -0.395 e. The molecule has 5 nitrogen and oxygen atoms in total. The fourth-order valence-electron chi connectivity index (χ4n) is 1.50. The SMILES string of the molecule is CCOCC(C)NC(=O)c1cncc(C#CCCO)c1. The zero-order valence-electron chi connectivity index (χ0n) is 11.8. The van der Waals surface area contributed by atoms with Gasteiger partial charge < -0.3 is 15.2 Å². The molecular weight excluding hydrogens is 256 g/mol. The van der Waals surface area contributed by atoms with Crippen LogP contribution >= 0.6 is 0 Å². The van der Waals surface area contributed by atoms with Crippen molar-refractivity contribution >= 4 is 5.91 Å². The van der Waals surface area contributed by atoms with Crippen LogP contribution in [0.4, 0.5) is 0 Å². The number of carbonyl (C=O) groups excluding carboxylic acids is 1. The highest BCUT2D eigenvalue weighted by Crippen LogP contribution is 2.02. The maximum Gasteiger partial charge on any atom is 0.253 e. The number of hydrogen-bond acceptors (Lipinski definition) is 4. The van der Waals surface area contributed by atoms with Crippen LogP contribution in [-0.4, -0.2) is 41.9 Å². The largest absolute Gasteiger partial charge is 0.395 e. The monoisotopic (exact) mass is 276 g/mol. The molecule has 1 rings (SSSR count). The molecule has 0 radical (unpaired) electrons. The fourth-order valence-corrected chi connectivity index (χ4v) is 1.50. The lowest BCUT2D eigenvalue weighted by Crippen LogP contribution is -2.36. The molecule has 20 heavy (non-hydrogen) atoms. The van der Waals surface area contributed by atoms with E-state index in [1.807, 2.05) is 13.8 Å². The summed E-state index contributed by atoms with van der Waals surface area (Å²) in [5.74, 6) is 5.45. The maximum atomic E-state index is 12.0. The van der Waals surface area contributed by atoms with Crippen molar-refractivity contribution < 1.29 is 14.6 Å². The van der Waals surface area contributed by atoms with Gasteiger partial charge in [-0.15, -0.1) is 0 Å². The molecule has 0 saturated carbocycles. The minimum absolute atomic E-state index is 0.0234. The van der Waals surface area contributed by atoms with Gasteiger partial charge in [-0.3, -0.25) is 9.78 Å². The van der Waals surface area contributed by atoms with Gasteiger partial charge in [0, 0.05) is 37.0 Å². The van der Waals surface area contributed by atoms with Gasteiger partial charge in [-0.1, -0.05) is 11.8 Å². The number of amides is 1. The van der Waals surface area contributed by atoms with Crippen LogP contribution in [0.25, 0.3) is 0 Å². The van der Waals surface area contributed by atoms with Gasteiger partial charge in [0.2, 0.25) is 0 Å². The lowest BCUT2D eigenvalue weighted by molar-refractivity contribution is 0.0871. The topological polar surface area (TPSA) is 71.5 Å². The number of aromatic nitrogens is 1. The molecule has 0 aliphatic rings. The average Bonchev–Trinajstić information content (AvgIpc) is 2.45. The lowest BCUT2D eigenvalue weighted by atomic mass is 10.2. The molecule has 0 aliphatic carbocycles. The first-order valence-corrected chi connectivity index (χ1v) is 6.60. The molecule has 1 atom stereocenters. The summed E-state index contributed by atoms with van der Waals surface area (Å²) >= 11 is 0. The molecule has 5 heteroatoms. The molecular formula is C15H20N2O3. The zero-order valence-corrected chi connectivity index (χ0v) is 11.8. The van der Waals surface area contributed by atoms with Gasteiger partial charge in [-0.2, -0.15) is 0 Å². The molecule has 0 saturated heterocycles. The summed E-state index contributed by atoms with van der Waals surface area (Å²) < 4.78 is 5.24. The number of carbonyl (C=O) groups is 1. The van der Waals surface area contributed by atoms with E-state index in [2.05, 4.69) is 22.1 Å². The van der Waals surface area contributed by atoms with Crippen LogP contribution in [0.3, 0.4) is 0 Å². The molecule has 1 heterocycles. The first kappa shape index (κ1) is 16.2. The Labute approximate surface area is 119 Å². The van der Waals surface area contributed by atoms with E-state index in [0.29, 0.717) is 30.8 Å². The summed E-state index contributed by atoms with van der Waals surface area (Å²) in [6, 6.07) is 1.62. The standard InChI is InChI=1S/C15H20N2O3/c1-3-20-11-12(2)17-15(19)14-8-13(9-16-10-14)6-4-5-7-18/h8-10,12,18H,3,5,7,11H2,1-2H3,(H,17,19). The highest BCUT2D eigenvalue weighted by Gasteiger charge is 2.10. The third-order valence-corrected chi connectivity index (χ3v) is 2.42. The van der Waals surface area contributed by atoms with Crippen LogP contribution in [0, 0.1) is 11.8 Å². The molecule has 1 amide bonds. The van der Waals surface area contributed by atoms with Crippen LogP contribution in [0.2, 0.25) is 0 Å². The highest BCUT2D eigenvalue weighted by molar-refractivity contribution is 5.94. The molecule has 108 valence electrons. The molecule has 0 bridgehead atoms. The first-order valence-electron chi connectivity index (χ1n) is 6.60. The molecule has 2 N–H and O–H groups in total. The van der Waals surface area contributed by atoms with Crippen LogP contribution in [0.1, 0.15) is 36.2 Å². The quantitative estimate of drug-likeness (QED) is 0.760. The number of pyridine rings is 1. The number of nitrogens with one attached hydrogen (secondary N) is 1. The van der Waals surface area contributed by atoms with Gasteiger partial charge in [0.1, 0.15) is 0 Å². The smallest absolute Gasteiger partial charge is 0.253 e. The van der Waals surface area contributed by atoms with Crippen molar-refractivity contribution in [2.24, 2.45) is 0 Å². The predicted molar refractivity (Wildman–Crippen MR) is 76.2 cm³/mol. The summed E-state index contributed by atoms with van der Waals surface area (Å²) in [6.07, 6.45) is 3.49. The van der Waals surface area contributed by atoms with E-state index in [1.54, 1.807) is 12.3 Å². The van der Waals surface area contributed by atoms with Crippen LogP contribution in [-0.2, 0) is 4.74 Å². The highest BCUT2D eigenvalue weighted by atomic mass is 16.5. The van der Waals surface area contributed by atoms with Crippen LogP contribution in [0.15, 0.2) is 18.5 Å². The summed E-state index contributed by atoms with van der Waals surface area (Å²) in [4.78, 5) is 16.0. The Kier molecular flexibility index (Phi) is 7.33. The maximum absolute atomic E-state index is 12.0. The van der Waals surface area contributed by atoms with Gasteiger partial charge in [0.15, 0.2) is 0 Å². The Morgan fingerprint density at radius 3 is 3.05 bits per heavy atom. The lowest BCUT2D eigenvalue weighted by Gasteiger charge is -2.13. The van der Waals surface area contributed by atoms with Crippen molar-refractivity contribution in [2.75, 3.05) is 19.8 Å². The Morgan fingerprint density at radius 2 is 2.35 bits per heavy atom. The fraction of sp³-hybridized carbons (Fsp3) is 0.467. The van der Waals surface area contributed by atoms with Gasteiger partial charge in [-0.05, 0) is 19.9 Å². The number of aliphatic hydroxyl groups excluding tert-OH is 1. The van der Waals surface area contributed by atoms with E-state index in [-0.39, 0.29) is 18.6 Å². The van der Waals surface area contributed by atoms with E-state index in [4.69, 9.17) is 9.84 Å². The number of aliphatic hydroxyl groups is 1. The summed E-state index contributed by atoms with van der Waals surface area (Å²) in [5, 5.41) is 11.5. The van der Waals surface area contributed by atoms with Crippen molar-refractivity contribution in [1.29, 1.82) is 0 Å². The van der Waals surface area contributed by atoms with Crippen molar-refractivity contribution in [3.8, 4) is 11.8 Å². The second-order valence-corrected chi connectivity index (χ2v) is 4.27. The number of rotatable bonds is 6. The normalized spacial score (nSPS) is 11.3. The average molecular weight is 276 g/mol. The van der Waals surface area contributed by atoms with Crippen LogP contribution in [0.5, 0.6) is 0 Å². The summed E-state index contributed by atoms with van der Waals surface area (Å²) in [7, 11) is 0. The van der Waals surface area contributed by atoms with E-state index < -0.39 is 0 Å². The van der Waals surface area contributed by atoms with Crippen LogP contribution < -0.4 is 5.32 Å². The third kappa shape index (κ3) is 5.83. The third-order valence-electron chi connectivity index (χ3n) is 2.42. The van der Waals surface area contributed by atoms with Crippen molar-refractivity contribution in [1.82, 2.24) is 10.3 Å². The van der Waals surface area contributed by atoms with E-state index in [1.165, 1.54) is 6.20 Å². The van der Waals surface area contributed by atoms with E-state index >= 15 is 0 Å². The Bertz CT molecular complexity index is 491. The summed E-state index contributed by atoms with van der Waals surface area (Å²) in [6.45, 7) is 4.91. The van der Waals surface area contributed by atoms with E-state index in [0.717, 1.165) is 0 Å². The molecule has 0 fully saturated rings. The van der Waals surface area contributed by atoms with Crippen molar-refractivity contribution in [2.45, 2.75) is 26.3 Å². The molecule has 1 aromatic rings. The van der Waals surface area contributed by atoms with Gasteiger partial charge in [0.25, 0.3) is 5.91 Å². The molecule has 1 aromatic heterocycles. The molecule has 0 aliphatic heterocycles. The number of nitrogens with zero attached hydrogens (tertiary/aromatic N) is 1. The summed E-state index contributed by atoms with van der Waals surface area (Å²) in [5.41, 5.74) is 1.12. The predicted octanol–water partition coefficient (Wildman–Crippen LogP) is 0.970. The molecule has 0 aromatic carbocycles. The molecule has 0 spiro atoms. The van der Waals surface area contributed by atoms with Gasteiger partial charge in [0.05, 0.1) is 18.8 Å². The zero-order chi connectivity index (χ0) is 14.8. The van der Waals surface area contributed by atoms with Gasteiger partial charge in [-0.25, -0.2) is 0 Å². The Morgan fingerprint density at radius 1 is 1.55 bits per heavy atom. The second-order valence-electron chi connectivity index (χ2n) is 4.27. The van der Waals surface area contributed by atoms with Crippen molar-refractivity contribution in [3.63, 3.8) is 0 Å². The van der Waals surface area contributed by atoms with Gasteiger partial charge >= 0.3 is 0 Å². The van der Waals surface area contributed by atoms with Crippen molar-refractivity contribution in [3.05, 3.63) is 29.6 Å². The minimum atomic E-state index is -0.199. The Balaban J connectivity index is 2.64. The molecule has 1 unspecified atom stereocenters. The second kappa shape index (κ2) is 9.08. The Hall–Kier alpha value is -1.90.